The highest BCUT2D eigenvalue weighted by Crippen LogP contribution is 2.16. The number of carbonyl (C=O) groups excluding carboxylic acids is 1. The zero-order chi connectivity index (χ0) is 10.8. The highest BCUT2D eigenvalue weighted by molar-refractivity contribution is 9.10. The normalized spacial score (nSPS) is 19.4. The Kier molecular flexibility index (Phi) is 4.77. The van der Waals surface area contributed by atoms with E-state index in [1.807, 2.05) is 29.2 Å². The molecule has 0 radical (unpaired) electrons. The van der Waals surface area contributed by atoms with Crippen molar-refractivity contribution in [2.24, 2.45) is 5.73 Å². The molecule has 1 saturated heterocycles. The second kappa shape index (κ2) is 5.66. The third-order valence-electron chi connectivity index (χ3n) is 2.58. The van der Waals surface area contributed by atoms with Crippen molar-refractivity contribution in [3.8, 4) is 0 Å². The zero-order valence-corrected chi connectivity index (χ0v) is 11.1. The van der Waals surface area contributed by atoms with Gasteiger partial charge in [0, 0.05) is 29.2 Å². The summed E-state index contributed by atoms with van der Waals surface area (Å²) in [7, 11) is 0. The first-order chi connectivity index (χ1) is 7.16. The molecular weight excluding hydrogens is 291 g/mol. The molecule has 5 heteroatoms. The number of amides is 1. The van der Waals surface area contributed by atoms with E-state index in [4.69, 9.17) is 5.73 Å². The Bertz CT molecular complexity index is 386. The van der Waals surface area contributed by atoms with Crippen LogP contribution in [0.4, 0.5) is 0 Å². The molecule has 0 saturated carbocycles. The number of nitrogens with two attached hydrogens (primary N) is 1. The summed E-state index contributed by atoms with van der Waals surface area (Å²) in [6.07, 6.45) is 0.903. The summed E-state index contributed by atoms with van der Waals surface area (Å²) in [4.78, 5) is 13.8. The fourth-order valence-corrected chi connectivity index (χ4v) is 2.18. The van der Waals surface area contributed by atoms with Gasteiger partial charge in [0.15, 0.2) is 0 Å². The molecule has 0 bridgehead atoms. The molecule has 3 nitrogen and oxygen atoms in total. The van der Waals surface area contributed by atoms with Crippen molar-refractivity contribution < 1.29 is 4.79 Å². The van der Waals surface area contributed by atoms with Crippen LogP contribution in [-0.4, -0.2) is 29.9 Å². The molecule has 1 fully saturated rings. The van der Waals surface area contributed by atoms with E-state index in [-0.39, 0.29) is 24.4 Å². The van der Waals surface area contributed by atoms with Crippen LogP contribution in [0.1, 0.15) is 16.8 Å². The van der Waals surface area contributed by atoms with Crippen LogP contribution in [0.15, 0.2) is 28.7 Å². The van der Waals surface area contributed by atoms with E-state index >= 15 is 0 Å². The molecule has 2 N–H and O–H groups in total. The lowest BCUT2D eigenvalue weighted by Crippen LogP contribution is -2.31. The Labute approximate surface area is 110 Å². The lowest BCUT2D eigenvalue weighted by atomic mass is 10.2. The van der Waals surface area contributed by atoms with Crippen LogP contribution < -0.4 is 5.73 Å². The van der Waals surface area contributed by atoms with Gasteiger partial charge in [-0.05, 0) is 24.6 Å². The van der Waals surface area contributed by atoms with Crippen molar-refractivity contribution in [1.82, 2.24) is 4.90 Å². The first-order valence-corrected chi connectivity index (χ1v) is 5.76. The van der Waals surface area contributed by atoms with E-state index in [0.717, 1.165) is 23.0 Å². The Morgan fingerprint density at radius 2 is 2.25 bits per heavy atom. The summed E-state index contributed by atoms with van der Waals surface area (Å²) >= 11 is 3.36. The van der Waals surface area contributed by atoms with Crippen molar-refractivity contribution in [3.05, 3.63) is 34.3 Å². The maximum Gasteiger partial charge on any atom is 0.253 e. The number of nitrogens with zero attached hydrogens (tertiary/aromatic N) is 1. The van der Waals surface area contributed by atoms with E-state index in [9.17, 15) is 4.79 Å². The average molecular weight is 306 g/mol. The van der Waals surface area contributed by atoms with Crippen molar-refractivity contribution in [3.63, 3.8) is 0 Å². The fraction of sp³-hybridized carbons (Fsp3) is 0.364. The summed E-state index contributed by atoms with van der Waals surface area (Å²) in [6.45, 7) is 1.44. The van der Waals surface area contributed by atoms with Crippen LogP contribution in [0.3, 0.4) is 0 Å². The van der Waals surface area contributed by atoms with Crippen molar-refractivity contribution in [2.75, 3.05) is 13.1 Å². The standard InChI is InChI=1S/C11H13BrN2O.ClH/c12-9-3-1-2-8(6-9)11(15)14-5-4-10(13)7-14;/h1-3,6,10H,4-5,7,13H2;1H/t10-;/m1./s1. The van der Waals surface area contributed by atoms with Crippen LogP contribution >= 0.6 is 28.3 Å². The van der Waals surface area contributed by atoms with Gasteiger partial charge in [0.2, 0.25) is 0 Å². The van der Waals surface area contributed by atoms with E-state index in [0.29, 0.717) is 6.54 Å². The van der Waals surface area contributed by atoms with Gasteiger partial charge in [0.05, 0.1) is 0 Å². The van der Waals surface area contributed by atoms with Crippen molar-refractivity contribution >= 4 is 34.2 Å². The monoisotopic (exact) mass is 304 g/mol. The van der Waals surface area contributed by atoms with Crippen LogP contribution in [0.5, 0.6) is 0 Å². The van der Waals surface area contributed by atoms with Crippen LogP contribution in [0, 0.1) is 0 Å². The van der Waals surface area contributed by atoms with Gasteiger partial charge < -0.3 is 10.6 Å². The Balaban J connectivity index is 0.00000128. The Morgan fingerprint density at radius 1 is 1.50 bits per heavy atom. The maximum absolute atomic E-state index is 12.0. The van der Waals surface area contributed by atoms with Gasteiger partial charge in [-0.1, -0.05) is 22.0 Å². The molecule has 1 aliphatic rings. The number of benzene rings is 1. The molecule has 0 aliphatic carbocycles. The minimum absolute atomic E-state index is 0. The van der Waals surface area contributed by atoms with Gasteiger partial charge >= 0.3 is 0 Å². The van der Waals surface area contributed by atoms with E-state index in [1.54, 1.807) is 0 Å². The number of carbonyl (C=O) groups is 1. The molecule has 88 valence electrons. The second-order valence-corrected chi connectivity index (χ2v) is 4.73. The molecule has 1 aromatic carbocycles. The Morgan fingerprint density at radius 3 is 2.81 bits per heavy atom. The fourth-order valence-electron chi connectivity index (χ4n) is 1.78. The molecular formula is C11H14BrClN2O. The molecule has 0 spiro atoms. The van der Waals surface area contributed by atoms with E-state index in [2.05, 4.69) is 15.9 Å². The van der Waals surface area contributed by atoms with Gasteiger partial charge in [-0.2, -0.15) is 0 Å². The zero-order valence-electron chi connectivity index (χ0n) is 8.73. The minimum atomic E-state index is 0. The number of rotatable bonds is 1. The molecule has 1 amide bonds. The Hall–Kier alpha value is -0.580. The average Bonchev–Trinajstić information content (AvgIpc) is 2.64. The van der Waals surface area contributed by atoms with Gasteiger partial charge in [-0.15, -0.1) is 12.4 Å². The molecule has 1 aliphatic heterocycles. The van der Waals surface area contributed by atoms with Crippen LogP contribution in [0.25, 0.3) is 0 Å². The molecule has 0 unspecified atom stereocenters. The maximum atomic E-state index is 12.0. The number of halogens is 2. The van der Waals surface area contributed by atoms with Gasteiger partial charge in [-0.25, -0.2) is 0 Å². The summed E-state index contributed by atoms with van der Waals surface area (Å²) in [5.41, 5.74) is 6.49. The highest BCUT2D eigenvalue weighted by Gasteiger charge is 2.24. The van der Waals surface area contributed by atoms with Crippen molar-refractivity contribution in [2.45, 2.75) is 12.5 Å². The predicted molar refractivity (Wildman–Crippen MR) is 69.9 cm³/mol. The van der Waals surface area contributed by atoms with Gasteiger partial charge in [0.25, 0.3) is 5.91 Å². The lowest BCUT2D eigenvalue weighted by Gasteiger charge is -2.15. The summed E-state index contributed by atoms with van der Waals surface area (Å²) in [5, 5.41) is 0. The number of hydrogen-bond acceptors (Lipinski definition) is 2. The largest absolute Gasteiger partial charge is 0.337 e. The van der Waals surface area contributed by atoms with Crippen LogP contribution in [-0.2, 0) is 0 Å². The smallest absolute Gasteiger partial charge is 0.253 e. The first kappa shape index (κ1) is 13.5. The third-order valence-corrected chi connectivity index (χ3v) is 3.08. The number of hydrogen-bond donors (Lipinski definition) is 1. The lowest BCUT2D eigenvalue weighted by molar-refractivity contribution is 0.0791. The molecule has 1 aromatic rings. The molecule has 1 heterocycles. The van der Waals surface area contributed by atoms with Crippen LogP contribution in [0.2, 0.25) is 0 Å². The number of likely N-dealkylation sites (tertiary alicyclic amines) is 1. The van der Waals surface area contributed by atoms with Gasteiger partial charge in [-0.3, -0.25) is 4.79 Å². The van der Waals surface area contributed by atoms with E-state index < -0.39 is 0 Å². The summed E-state index contributed by atoms with van der Waals surface area (Å²) in [6, 6.07) is 7.59. The quantitative estimate of drug-likeness (QED) is 0.863. The molecule has 16 heavy (non-hydrogen) atoms. The summed E-state index contributed by atoms with van der Waals surface area (Å²) < 4.78 is 0.928. The van der Waals surface area contributed by atoms with Crippen molar-refractivity contribution in [1.29, 1.82) is 0 Å². The minimum Gasteiger partial charge on any atom is -0.337 e. The molecule has 1 atom stereocenters. The second-order valence-electron chi connectivity index (χ2n) is 3.81. The SMILES string of the molecule is Cl.N[C@@H]1CCN(C(=O)c2cccc(Br)c2)C1. The summed E-state index contributed by atoms with van der Waals surface area (Å²) in [5.74, 6) is 0.0734. The predicted octanol–water partition coefficient (Wildman–Crippen LogP) is 2.04. The molecule has 0 aromatic heterocycles. The third kappa shape index (κ3) is 2.97. The van der Waals surface area contributed by atoms with Gasteiger partial charge in [0.1, 0.15) is 0 Å². The highest BCUT2D eigenvalue weighted by atomic mass is 79.9. The first-order valence-electron chi connectivity index (χ1n) is 4.97. The van der Waals surface area contributed by atoms with E-state index in [1.165, 1.54) is 0 Å². The molecule has 2 rings (SSSR count). The topological polar surface area (TPSA) is 46.3 Å².